The van der Waals surface area contributed by atoms with Crippen molar-refractivity contribution in [3.63, 3.8) is 0 Å². The third-order valence-corrected chi connectivity index (χ3v) is 8.99. The fourth-order valence-corrected chi connectivity index (χ4v) is 6.24. The molecule has 0 bridgehead atoms. The van der Waals surface area contributed by atoms with Gasteiger partial charge >= 0.3 is 0 Å². The van der Waals surface area contributed by atoms with Gasteiger partial charge in [-0.3, -0.25) is 14.4 Å². The molecule has 240 valence electrons. The maximum absolute atomic E-state index is 13.9. The summed E-state index contributed by atoms with van der Waals surface area (Å²) in [6.45, 7) is 8.25. The van der Waals surface area contributed by atoms with E-state index >= 15 is 0 Å². The van der Waals surface area contributed by atoms with Crippen LogP contribution in [0.1, 0.15) is 88.1 Å². The number of benzene rings is 2. The van der Waals surface area contributed by atoms with Crippen LogP contribution < -0.4 is 25.8 Å². The molecular formula is C35H51N5O4. The van der Waals surface area contributed by atoms with Gasteiger partial charge in [0.1, 0.15) is 0 Å². The van der Waals surface area contributed by atoms with Crippen LogP contribution in [0.3, 0.4) is 0 Å². The van der Waals surface area contributed by atoms with E-state index in [-0.39, 0.29) is 30.3 Å². The zero-order valence-corrected chi connectivity index (χ0v) is 26.7. The Morgan fingerprint density at radius 2 is 1.73 bits per heavy atom. The molecule has 9 nitrogen and oxygen atoms in total. The number of aliphatic hydroxyl groups is 1. The Hall–Kier alpha value is -3.43. The van der Waals surface area contributed by atoms with E-state index in [2.05, 4.69) is 34.7 Å². The third-order valence-electron chi connectivity index (χ3n) is 8.99. The Balaban J connectivity index is 1.50. The van der Waals surface area contributed by atoms with Crippen molar-refractivity contribution in [1.29, 1.82) is 0 Å². The van der Waals surface area contributed by atoms with E-state index in [1.165, 1.54) is 6.42 Å². The van der Waals surface area contributed by atoms with Gasteiger partial charge in [-0.1, -0.05) is 49.6 Å². The maximum atomic E-state index is 13.9. The van der Waals surface area contributed by atoms with Crippen LogP contribution >= 0.6 is 0 Å². The van der Waals surface area contributed by atoms with Gasteiger partial charge in [-0.25, -0.2) is 0 Å². The first kappa shape index (κ1) is 33.5. The molecule has 1 saturated carbocycles. The number of piperidine rings is 1. The summed E-state index contributed by atoms with van der Waals surface area (Å²) >= 11 is 0. The molecule has 1 heterocycles. The highest BCUT2D eigenvalue weighted by atomic mass is 16.3. The van der Waals surface area contributed by atoms with Crippen LogP contribution in [-0.2, 0) is 16.0 Å². The van der Waals surface area contributed by atoms with Gasteiger partial charge in [-0.15, -0.1) is 0 Å². The number of carbonyl (C=O) groups excluding carboxylic acids is 3. The number of nitrogens with one attached hydrogen (secondary N) is 3. The fraction of sp³-hybridized carbons (Fsp3) is 0.571. The van der Waals surface area contributed by atoms with Crippen LogP contribution in [0, 0.1) is 0 Å². The van der Waals surface area contributed by atoms with Gasteiger partial charge in [0.05, 0.1) is 18.2 Å². The number of hydrogen-bond acceptors (Lipinski definition) is 6. The number of rotatable bonds is 14. The van der Waals surface area contributed by atoms with Crippen molar-refractivity contribution in [2.45, 2.75) is 103 Å². The topological polar surface area (TPSA) is 114 Å². The van der Waals surface area contributed by atoms with Crippen LogP contribution in [-0.4, -0.2) is 73.2 Å². The monoisotopic (exact) mass is 605 g/mol. The van der Waals surface area contributed by atoms with Crippen LogP contribution in [0.15, 0.2) is 48.5 Å². The van der Waals surface area contributed by atoms with Crippen molar-refractivity contribution in [2.24, 2.45) is 0 Å². The summed E-state index contributed by atoms with van der Waals surface area (Å²) in [5.74, 6) is -0.307. The molecule has 0 unspecified atom stereocenters. The lowest BCUT2D eigenvalue weighted by Gasteiger charge is -2.30. The van der Waals surface area contributed by atoms with Gasteiger partial charge in [0.2, 0.25) is 11.8 Å². The van der Waals surface area contributed by atoms with Crippen molar-refractivity contribution >= 4 is 29.1 Å². The van der Waals surface area contributed by atoms with Crippen LogP contribution in [0.2, 0.25) is 0 Å². The number of anilines is 2. The Labute approximate surface area is 262 Å². The number of amides is 3. The van der Waals surface area contributed by atoms with E-state index in [1.807, 2.05) is 42.5 Å². The Bertz CT molecular complexity index is 1230. The molecule has 2 fully saturated rings. The second-order valence-electron chi connectivity index (χ2n) is 12.2. The number of aliphatic hydroxyl groups excluding tert-OH is 1. The standard InChI is InChI=1S/C35H51N5O4/c1-4-39(5-2)29-21-27(22-30(23-29)40-19-13-12-18-33(40)42)35(44)38-31(20-26-14-8-6-9-15-26)32(41)24-36-25(3)34(43)37-28-16-10-7-11-17-28/h6,8-9,14-15,21-23,25,28,31-32,36,41H,4-5,7,10-13,16-20,24H2,1-3H3,(H,37,43)(H,38,44)/t25-,31-,32+/m0/s1. The summed E-state index contributed by atoms with van der Waals surface area (Å²) in [7, 11) is 0. The molecule has 4 rings (SSSR count). The molecule has 1 aliphatic heterocycles. The van der Waals surface area contributed by atoms with Crippen LogP contribution in [0.25, 0.3) is 0 Å². The van der Waals surface area contributed by atoms with Crippen molar-refractivity contribution in [1.82, 2.24) is 16.0 Å². The lowest BCUT2D eigenvalue weighted by atomic mass is 9.95. The predicted molar refractivity (Wildman–Crippen MR) is 176 cm³/mol. The molecule has 0 radical (unpaired) electrons. The average molecular weight is 606 g/mol. The van der Waals surface area contributed by atoms with Crippen molar-refractivity contribution in [2.75, 3.05) is 36.0 Å². The van der Waals surface area contributed by atoms with E-state index in [9.17, 15) is 19.5 Å². The molecule has 2 aromatic rings. The molecule has 2 aromatic carbocycles. The first-order valence-electron chi connectivity index (χ1n) is 16.6. The Morgan fingerprint density at radius 3 is 2.41 bits per heavy atom. The minimum Gasteiger partial charge on any atom is -0.390 e. The second-order valence-corrected chi connectivity index (χ2v) is 12.2. The highest BCUT2D eigenvalue weighted by Gasteiger charge is 2.27. The highest BCUT2D eigenvalue weighted by molar-refractivity contribution is 6.00. The minimum absolute atomic E-state index is 0.0687. The smallest absolute Gasteiger partial charge is 0.251 e. The van der Waals surface area contributed by atoms with Gasteiger partial charge in [-0.05, 0) is 76.6 Å². The second kappa shape index (κ2) is 16.6. The first-order chi connectivity index (χ1) is 21.3. The van der Waals surface area contributed by atoms with Gasteiger partial charge in [-0.2, -0.15) is 0 Å². The molecule has 3 atom stereocenters. The fourth-order valence-electron chi connectivity index (χ4n) is 6.24. The highest BCUT2D eigenvalue weighted by Crippen LogP contribution is 2.28. The molecule has 2 aliphatic rings. The maximum Gasteiger partial charge on any atom is 0.251 e. The molecule has 0 aromatic heterocycles. The van der Waals surface area contributed by atoms with E-state index in [1.54, 1.807) is 17.9 Å². The molecule has 9 heteroatoms. The lowest BCUT2D eigenvalue weighted by molar-refractivity contribution is -0.123. The van der Waals surface area contributed by atoms with Crippen molar-refractivity contribution < 1.29 is 19.5 Å². The quantitative estimate of drug-likeness (QED) is 0.257. The number of hydrogen-bond donors (Lipinski definition) is 4. The SMILES string of the molecule is CCN(CC)c1cc(C(=O)N[C@@H](Cc2ccccc2)[C@H](O)CN[C@@H](C)C(=O)NC2CCCCC2)cc(N2CCCCC2=O)c1. The largest absolute Gasteiger partial charge is 0.390 e. The minimum atomic E-state index is -0.946. The zero-order chi connectivity index (χ0) is 31.5. The van der Waals surface area contributed by atoms with E-state index < -0.39 is 18.2 Å². The third kappa shape index (κ3) is 9.29. The summed E-state index contributed by atoms with van der Waals surface area (Å²) in [4.78, 5) is 43.4. The van der Waals surface area contributed by atoms with E-state index in [4.69, 9.17) is 0 Å². The molecule has 44 heavy (non-hydrogen) atoms. The van der Waals surface area contributed by atoms with Gasteiger partial charge in [0, 0.05) is 55.6 Å². The summed E-state index contributed by atoms with van der Waals surface area (Å²) in [6, 6.07) is 14.5. The molecule has 3 amide bonds. The molecule has 1 saturated heterocycles. The summed E-state index contributed by atoms with van der Waals surface area (Å²) in [5, 5.41) is 20.8. The zero-order valence-electron chi connectivity index (χ0n) is 26.7. The molecule has 4 N–H and O–H groups in total. The van der Waals surface area contributed by atoms with Crippen molar-refractivity contribution in [3.8, 4) is 0 Å². The van der Waals surface area contributed by atoms with E-state index in [0.29, 0.717) is 24.9 Å². The summed E-state index contributed by atoms with van der Waals surface area (Å²) in [6.07, 6.45) is 7.31. The Morgan fingerprint density at radius 1 is 1.00 bits per heavy atom. The molecule has 1 aliphatic carbocycles. The number of nitrogens with zero attached hydrogens (tertiary/aromatic N) is 2. The average Bonchev–Trinajstić information content (AvgIpc) is 3.04. The van der Waals surface area contributed by atoms with Gasteiger partial charge < -0.3 is 30.9 Å². The summed E-state index contributed by atoms with van der Waals surface area (Å²) < 4.78 is 0. The summed E-state index contributed by atoms with van der Waals surface area (Å²) in [5.41, 5.74) is 3.04. The van der Waals surface area contributed by atoms with Crippen LogP contribution in [0.5, 0.6) is 0 Å². The first-order valence-corrected chi connectivity index (χ1v) is 16.6. The molecular weight excluding hydrogens is 554 g/mol. The normalized spacial score (nSPS) is 17.9. The van der Waals surface area contributed by atoms with Gasteiger partial charge in [0.15, 0.2) is 0 Å². The number of carbonyl (C=O) groups is 3. The van der Waals surface area contributed by atoms with Gasteiger partial charge in [0.25, 0.3) is 5.91 Å². The molecule has 0 spiro atoms. The lowest BCUT2D eigenvalue weighted by Crippen LogP contribution is -2.53. The van der Waals surface area contributed by atoms with E-state index in [0.717, 1.165) is 68.6 Å². The van der Waals surface area contributed by atoms with Crippen LogP contribution in [0.4, 0.5) is 11.4 Å². The Kier molecular flexibility index (Phi) is 12.6. The van der Waals surface area contributed by atoms with Crippen molar-refractivity contribution in [3.05, 3.63) is 59.7 Å². The predicted octanol–water partition coefficient (Wildman–Crippen LogP) is 4.18.